The van der Waals surface area contributed by atoms with E-state index in [1.807, 2.05) is 0 Å². The first kappa shape index (κ1) is 11.0. The summed E-state index contributed by atoms with van der Waals surface area (Å²) in [5, 5.41) is 12.5. The highest BCUT2D eigenvalue weighted by atomic mass is 35.5. The van der Waals surface area contributed by atoms with E-state index in [4.69, 9.17) is 11.6 Å². The molecule has 0 aliphatic carbocycles. The van der Waals surface area contributed by atoms with Crippen molar-refractivity contribution in [2.45, 2.75) is 19.8 Å². The Balaban J connectivity index is 2.28. The van der Waals surface area contributed by atoms with E-state index in [-0.39, 0.29) is 0 Å². The van der Waals surface area contributed by atoms with Gasteiger partial charge in [0.05, 0.1) is 4.88 Å². The molecular weight excluding hydrogens is 248 g/mol. The van der Waals surface area contributed by atoms with Gasteiger partial charge in [-0.2, -0.15) is 0 Å². The summed E-state index contributed by atoms with van der Waals surface area (Å²) in [5.41, 5.74) is 1.36. The average Bonchev–Trinajstić information content (AvgIpc) is 2.84. The normalized spacial score (nSPS) is 10.8. The lowest BCUT2D eigenvalue weighted by atomic mass is 10.2. The quantitative estimate of drug-likeness (QED) is 0.783. The van der Waals surface area contributed by atoms with Crippen LogP contribution in [0.15, 0.2) is 11.4 Å². The molecule has 0 N–H and O–H groups in total. The molecule has 0 aliphatic heterocycles. The van der Waals surface area contributed by atoms with Crippen molar-refractivity contribution < 1.29 is 0 Å². The molecule has 0 aromatic carbocycles. The molecule has 0 saturated carbocycles. The van der Waals surface area contributed by atoms with Crippen LogP contribution in [0, 0.1) is 0 Å². The second kappa shape index (κ2) is 5.05. The zero-order valence-electron chi connectivity index (χ0n) is 8.36. The summed E-state index contributed by atoms with van der Waals surface area (Å²) in [6.07, 6.45) is 1.86. The molecule has 80 valence electrons. The predicted octanol–water partition coefficient (Wildman–Crippen LogP) is 3.61. The summed E-state index contributed by atoms with van der Waals surface area (Å²) in [7, 11) is 0. The highest BCUT2D eigenvalue weighted by Crippen LogP contribution is 2.32. The molecule has 2 aromatic heterocycles. The van der Waals surface area contributed by atoms with Gasteiger partial charge in [0.25, 0.3) is 0 Å². The molecule has 15 heavy (non-hydrogen) atoms. The van der Waals surface area contributed by atoms with Gasteiger partial charge in [0.2, 0.25) is 0 Å². The summed E-state index contributed by atoms with van der Waals surface area (Å²) < 4.78 is 0. The molecule has 2 aromatic rings. The number of rotatable bonds is 4. The van der Waals surface area contributed by atoms with Gasteiger partial charge in [-0.1, -0.05) is 18.3 Å². The molecule has 5 heteroatoms. The van der Waals surface area contributed by atoms with E-state index in [9.17, 15) is 0 Å². The van der Waals surface area contributed by atoms with Gasteiger partial charge in [0.15, 0.2) is 5.01 Å². The second-order valence-electron chi connectivity index (χ2n) is 3.07. The minimum absolute atomic E-state index is 0.611. The Morgan fingerprint density at radius 2 is 2.27 bits per heavy atom. The minimum Gasteiger partial charge on any atom is -0.143 e. The van der Waals surface area contributed by atoms with E-state index in [1.54, 1.807) is 22.7 Å². The summed E-state index contributed by atoms with van der Waals surface area (Å²) >= 11 is 9.05. The van der Waals surface area contributed by atoms with Gasteiger partial charge in [-0.25, -0.2) is 0 Å². The first-order chi connectivity index (χ1) is 7.35. The van der Waals surface area contributed by atoms with Gasteiger partial charge in [-0.05, 0) is 23.4 Å². The van der Waals surface area contributed by atoms with Crippen molar-refractivity contribution in [1.82, 2.24) is 10.2 Å². The molecular formula is C10H11ClN2S2. The van der Waals surface area contributed by atoms with Gasteiger partial charge < -0.3 is 0 Å². The first-order valence-corrected chi connectivity index (χ1v) is 7.03. The number of hydrogen-bond acceptors (Lipinski definition) is 4. The van der Waals surface area contributed by atoms with Crippen molar-refractivity contribution in [3.63, 3.8) is 0 Å². The molecule has 0 bridgehead atoms. The van der Waals surface area contributed by atoms with Gasteiger partial charge in [0, 0.05) is 12.3 Å². The molecule has 0 aliphatic rings. The standard InChI is InChI=1S/C10H11ClN2S2/c1-2-7-4-6-14-9(7)10-13-12-8(15-10)3-5-11/h4,6H,2-3,5H2,1H3. The van der Waals surface area contributed by atoms with Crippen LogP contribution in [0.2, 0.25) is 0 Å². The average molecular weight is 259 g/mol. The molecule has 0 atom stereocenters. The third-order valence-electron chi connectivity index (χ3n) is 2.10. The number of thiophene rings is 1. The summed E-state index contributed by atoms with van der Waals surface area (Å²) in [6, 6.07) is 2.16. The molecule has 0 unspecified atom stereocenters. The fraction of sp³-hybridized carbons (Fsp3) is 0.400. The summed E-state index contributed by atoms with van der Waals surface area (Å²) in [6.45, 7) is 2.16. The van der Waals surface area contributed by atoms with Crippen molar-refractivity contribution in [1.29, 1.82) is 0 Å². The number of nitrogens with zero attached hydrogens (tertiary/aromatic N) is 2. The van der Waals surface area contributed by atoms with Crippen LogP contribution in [0.5, 0.6) is 0 Å². The Hall–Kier alpha value is -0.450. The Bertz CT molecular complexity index is 436. The van der Waals surface area contributed by atoms with E-state index < -0.39 is 0 Å². The van der Waals surface area contributed by atoms with E-state index in [2.05, 4.69) is 28.6 Å². The summed E-state index contributed by atoms with van der Waals surface area (Å²) in [5.74, 6) is 0.611. The number of alkyl halides is 1. The Kier molecular flexibility index (Phi) is 3.72. The largest absolute Gasteiger partial charge is 0.158 e. The van der Waals surface area contributed by atoms with Gasteiger partial charge in [-0.15, -0.1) is 33.1 Å². The number of aromatic nitrogens is 2. The minimum atomic E-state index is 0.611. The van der Waals surface area contributed by atoms with E-state index >= 15 is 0 Å². The molecule has 0 amide bonds. The molecule has 0 spiro atoms. The molecule has 2 nitrogen and oxygen atoms in total. The first-order valence-electron chi connectivity index (χ1n) is 4.80. The number of hydrogen-bond donors (Lipinski definition) is 0. The molecule has 2 heterocycles. The summed E-state index contributed by atoms with van der Waals surface area (Å²) in [4.78, 5) is 1.26. The number of halogens is 1. The van der Waals surface area contributed by atoms with Crippen molar-refractivity contribution in [3.8, 4) is 9.88 Å². The highest BCUT2D eigenvalue weighted by Gasteiger charge is 2.10. The van der Waals surface area contributed by atoms with Crippen LogP contribution in [0.1, 0.15) is 17.5 Å². The van der Waals surface area contributed by atoms with E-state index in [0.29, 0.717) is 5.88 Å². The van der Waals surface area contributed by atoms with Crippen LogP contribution in [-0.4, -0.2) is 16.1 Å². The molecule has 0 radical (unpaired) electrons. The Labute approximate surface area is 102 Å². The number of aryl methyl sites for hydroxylation is 2. The lowest BCUT2D eigenvalue weighted by Gasteiger charge is -1.93. The third-order valence-corrected chi connectivity index (χ3v) is 4.38. The van der Waals surface area contributed by atoms with E-state index in [0.717, 1.165) is 22.9 Å². The fourth-order valence-corrected chi connectivity index (χ4v) is 3.58. The maximum absolute atomic E-state index is 5.67. The fourth-order valence-electron chi connectivity index (χ4n) is 1.33. The Morgan fingerprint density at radius 1 is 1.40 bits per heavy atom. The second-order valence-corrected chi connectivity index (χ2v) is 5.42. The van der Waals surface area contributed by atoms with Crippen LogP contribution >= 0.6 is 34.3 Å². The van der Waals surface area contributed by atoms with Crippen LogP contribution in [-0.2, 0) is 12.8 Å². The van der Waals surface area contributed by atoms with Crippen LogP contribution in [0.4, 0.5) is 0 Å². The zero-order valence-corrected chi connectivity index (χ0v) is 10.8. The predicted molar refractivity (Wildman–Crippen MR) is 67.0 cm³/mol. The third kappa shape index (κ3) is 2.38. The highest BCUT2D eigenvalue weighted by molar-refractivity contribution is 7.20. The van der Waals surface area contributed by atoms with E-state index in [1.165, 1.54) is 10.4 Å². The maximum Gasteiger partial charge on any atom is 0.158 e. The molecule has 0 fully saturated rings. The van der Waals surface area contributed by atoms with Crippen molar-refractivity contribution >= 4 is 34.3 Å². The van der Waals surface area contributed by atoms with Crippen LogP contribution in [0.3, 0.4) is 0 Å². The van der Waals surface area contributed by atoms with Gasteiger partial charge in [-0.3, -0.25) is 0 Å². The monoisotopic (exact) mass is 258 g/mol. The lowest BCUT2D eigenvalue weighted by Crippen LogP contribution is -1.83. The smallest absolute Gasteiger partial charge is 0.143 e. The zero-order chi connectivity index (χ0) is 10.7. The maximum atomic E-state index is 5.67. The topological polar surface area (TPSA) is 25.8 Å². The SMILES string of the molecule is CCc1ccsc1-c1nnc(CCCl)s1. The van der Waals surface area contributed by atoms with Crippen molar-refractivity contribution in [3.05, 3.63) is 22.0 Å². The van der Waals surface area contributed by atoms with Crippen molar-refractivity contribution in [2.24, 2.45) is 0 Å². The van der Waals surface area contributed by atoms with Gasteiger partial charge >= 0.3 is 0 Å². The van der Waals surface area contributed by atoms with Gasteiger partial charge in [0.1, 0.15) is 5.01 Å². The van der Waals surface area contributed by atoms with Crippen LogP contribution < -0.4 is 0 Å². The van der Waals surface area contributed by atoms with Crippen molar-refractivity contribution in [2.75, 3.05) is 5.88 Å². The molecule has 0 saturated heterocycles. The molecule has 2 rings (SSSR count). The van der Waals surface area contributed by atoms with Crippen LogP contribution in [0.25, 0.3) is 9.88 Å². The Morgan fingerprint density at radius 3 is 3.00 bits per heavy atom. The lowest BCUT2D eigenvalue weighted by molar-refractivity contribution is 0.989.